The number of hydrogen-bond acceptors (Lipinski definition) is 4. The van der Waals surface area contributed by atoms with Crippen molar-refractivity contribution >= 4 is 38.7 Å². The summed E-state index contributed by atoms with van der Waals surface area (Å²) in [7, 11) is 3.88. The highest BCUT2D eigenvalue weighted by atomic mass is 79.9. The average molecular weight is 350 g/mol. The molecule has 0 atom stereocenters. The third kappa shape index (κ3) is 2.25. The summed E-state index contributed by atoms with van der Waals surface area (Å²) in [5, 5.41) is 0.805. The second-order valence-electron chi connectivity index (χ2n) is 5.81. The molecule has 2 aromatic rings. The fourth-order valence-corrected chi connectivity index (χ4v) is 2.60. The summed E-state index contributed by atoms with van der Waals surface area (Å²) in [6, 6.07) is 5.75. The third-order valence-corrected chi connectivity index (χ3v) is 4.78. The van der Waals surface area contributed by atoms with E-state index in [1.165, 1.54) is 0 Å². The monoisotopic (exact) mass is 349 g/mol. The Morgan fingerprint density at radius 3 is 2.62 bits per heavy atom. The van der Waals surface area contributed by atoms with Crippen molar-refractivity contribution in [2.75, 3.05) is 19.0 Å². The van der Waals surface area contributed by atoms with Crippen molar-refractivity contribution in [1.29, 1.82) is 0 Å². The molecular weight excluding hydrogens is 334 g/mol. The fourth-order valence-electron chi connectivity index (χ4n) is 2.29. The summed E-state index contributed by atoms with van der Waals surface area (Å²) in [6.45, 7) is 3.90. The zero-order valence-corrected chi connectivity index (χ0v) is 13.9. The molecule has 3 rings (SSSR count). The highest BCUT2D eigenvalue weighted by Crippen LogP contribution is 2.41. The molecule has 0 N–H and O–H groups in total. The Kier molecular flexibility index (Phi) is 3.13. The summed E-state index contributed by atoms with van der Waals surface area (Å²) in [5.41, 5.74) is 1.06. The van der Waals surface area contributed by atoms with Crippen molar-refractivity contribution in [2.24, 2.45) is 0 Å². The minimum absolute atomic E-state index is 0.388. The number of rotatable bonds is 1. The number of halogens is 1. The van der Waals surface area contributed by atoms with Gasteiger partial charge in [0.25, 0.3) is 0 Å². The zero-order chi connectivity index (χ0) is 15.4. The Hall–Kier alpha value is -1.75. The Morgan fingerprint density at radius 1 is 1.24 bits per heavy atom. The molecule has 21 heavy (non-hydrogen) atoms. The maximum atomic E-state index is 12.2. The first-order valence-electron chi connectivity index (χ1n) is 6.64. The Labute approximate surface area is 131 Å². The predicted octanol–water partition coefficient (Wildman–Crippen LogP) is 3.77. The van der Waals surface area contributed by atoms with Crippen LogP contribution >= 0.6 is 15.9 Å². The van der Waals surface area contributed by atoms with E-state index in [4.69, 9.17) is 9.15 Å². The lowest BCUT2D eigenvalue weighted by Gasteiger charge is -2.31. The molecule has 1 aliphatic rings. The van der Waals surface area contributed by atoms with Crippen LogP contribution in [0, 0.1) is 0 Å². The van der Waals surface area contributed by atoms with Crippen LogP contribution in [0.5, 0.6) is 5.75 Å². The lowest BCUT2D eigenvalue weighted by Crippen LogP contribution is -2.32. The first-order chi connectivity index (χ1) is 9.79. The SMILES string of the molecule is CN(C)c1ccc2c3c(c(=O)oc2c1)C=C(Br)C(C)(C)O3. The predicted molar refractivity (Wildman–Crippen MR) is 88.4 cm³/mol. The fraction of sp³-hybridized carbons (Fsp3) is 0.312. The maximum Gasteiger partial charge on any atom is 0.347 e. The van der Waals surface area contributed by atoms with E-state index in [-0.39, 0.29) is 5.63 Å². The first-order valence-corrected chi connectivity index (χ1v) is 7.44. The Bertz CT molecular complexity index is 818. The smallest absolute Gasteiger partial charge is 0.347 e. The first kappa shape index (κ1) is 14.2. The molecule has 0 saturated heterocycles. The van der Waals surface area contributed by atoms with Gasteiger partial charge in [-0.1, -0.05) is 15.9 Å². The minimum Gasteiger partial charge on any atom is -0.481 e. The summed E-state index contributed by atoms with van der Waals surface area (Å²) >= 11 is 3.46. The molecular formula is C16H16BrNO3. The molecule has 0 spiro atoms. The van der Waals surface area contributed by atoms with Gasteiger partial charge in [0.2, 0.25) is 0 Å². The van der Waals surface area contributed by atoms with E-state index in [1.54, 1.807) is 6.08 Å². The summed E-state index contributed by atoms with van der Waals surface area (Å²) in [4.78, 5) is 14.1. The third-order valence-electron chi connectivity index (χ3n) is 3.60. The summed E-state index contributed by atoms with van der Waals surface area (Å²) in [6.07, 6.45) is 1.78. The molecule has 0 aliphatic carbocycles. The van der Waals surface area contributed by atoms with Crippen molar-refractivity contribution < 1.29 is 9.15 Å². The summed E-state index contributed by atoms with van der Waals surface area (Å²) in [5.74, 6) is 0.583. The Balaban J connectivity index is 2.33. The molecule has 2 heterocycles. The second-order valence-corrected chi connectivity index (χ2v) is 6.67. The second kappa shape index (κ2) is 4.63. The number of hydrogen-bond donors (Lipinski definition) is 0. The van der Waals surface area contributed by atoms with E-state index in [0.717, 1.165) is 15.6 Å². The summed E-state index contributed by atoms with van der Waals surface area (Å²) < 4.78 is 12.3. The Morgan fingerprint density at radius 2 is 1.95 bits per heavy atom. The molecule has 0 saturated carbocycles. The number of ether oxygens (including phenoxy) is 1. The number of fused-ring (bicyclic) bond motifs is 3. The molecule has 0 amide bonds. The topological polar surface area (TPSA) is 42.7 Å². The molecule has 5 heteroatoms. The molecule has 1 aromatic heterocycles. The van der Waals surface area contributed by atoms with Crippen LogP contribution in [-0.4, -0.2) is 19.7 Å². The van der Waals surface area contributed by atoms with Gasteiger partial charge in [-0.15, -0.1) is 0 Å². The van der Waals surface area contributed by atoms with Crippen molar-refractivity contribution in [3.8, 4) is 5.75 Å². The average Bonchev–Trinajstić information content (AvgIpc) is 2.40. The molecule has 0 fully saturated rings. The number of benzene rings is 1. The molecule has 0 bridgehead atoms. The van der Waals surface area contributed by atoms with E-state index < -0.39 is 5.60 Å². The maximum absolute atomic E-state index is 12.2. The standard InChI is InChI=1S/C16H16BrNO3/c1-16(2)13(17)8-11-14(21-16)10-6-5-9(18(3)4)7-12(10)20-15(11)19/h5-8H,1-4H3. The molecule has 0 radical (unpaired) electrons. The lowest BCUT2D eigenvalue weighted by molar-refractivity contribution is 0.157. The van der Waals surface area contributed by atoms with Crippen LogP contribution in [0.2, 0.25) is 0 Å². The van der Waals surface area contributed by atoms with Gasteiger partial charge in [0.1, 0.15) is 22.5 Å². The number of anilines is 1. The van der Waals surface area contributed by atoms with Crippen LogP contribution in [0.15, 0.2) is 31.9 Å². The normalized spacial score (nSPS) is 16.1. The lowest BCUT2D eigenvalue weighted by atomic mass is 10.0. The zero-order valence-electron chi connectivity index (χ0n) is 12.4. The van der Waals surface area contributed by atoms with Crippen molar-refractivity contribution in [3.05, 3.63) is 38.7 Å². The van der Waals surface area contributed by atoms with E-state index in [9.17, 15) is 4.79 Å². The van der Waals surface area contributed by atoms with Gasteiger partial charge in [0.05, 0.1) is 5.39 Å². The van der Waals surface area contributed by atoms with Gasteiger partial charge in [0, 0.05) is 30.3 Å². The van der Waals surface area contributed by atoms with E-state index >= 15 is 0 Å². The molecule has 110 valence electrons. The van der Waals surface area contributed by atoms with Crippen molar-refractivity contribution in [1.82, 2.24) is 0 Å². The molecule has 0 unspecified atom stereocenters. The van der Waals surface area contributed by atoms with Crippen molar-refractivity contribution in [2.45, 2.75) is 19.4 Å². The molecule has 1 aromatic carbocycles. The van der Waals surface area contributed by atoms with Gasteiger partial charge in [-0.25, -0.2) is 4.79 Å². The van der Waals surface area contributed by atoms with E-state index in [0.29, 0.717) is 16.9 Å². The van der Waals surface area contributed by atoms with E-state index in [2.05, 4.69) is 15.9 Å². The van der Waals surface area contributed by atoms with Gasteiger partial charge in [0.15, 0.2) is 0 Å². The molecule has 1 aliphatic heterocycles. The minimum atomic E-state index is -0.506. The highest BCUT2D eigenvalue weighted by Gasteiger charge is 2.32. The quantitative estimate of drug-likeness (QED) is 0.735. The van der Waals surface area contributed by atoms with E-state index in [1.807, 2.05) is 51.0 Å². The number of nitrogens with zero attached hydrogens (tertiary/aromatic N) is 1. The van der Waals surface area contributed by atoms with Crippen LogP contribution in [0.1, 0.15) is 19.4 Å². The van der Waals surface area contributed by atoms with Crippen LogP contribution in [0.4, 0.5) is 5.69 Å². The van der Waals surface area contributed by atoms with Gasteiger partial charge >= 0.3 is 5.63 Å². The molecule has 4 nitrogen and oxygen atoms in total. The van der Waals surface area contributed by atoms with Crippen molar-refractivity contribution in [3.63, 3.8) is 0 Å². The van der Waals surface area contributed by atoms with Crippen LogP contribution in [0.3, 0.4) is 0 Å². The van der Waals surface area contributed by atoms with Gasteiger partial charge < -0.3 is 14.1 Å². The highest BCUT2D eigenvalue weighted by molar-refractivity contribution is 9.11. The van der Waals surface area contributed by atoms with Gasteiger partial charge in [-0.2, -0.15) is 0 Å². The van der Waals surface area contributed by atoms with Gasteiger partial charge in [-0.05, 0) is 32.1 Å². The van der Waals surface area contributed by atoms with Crippen LogP contribution in [0.25, 0.3) is 17.0 Å². The largest absolute Gasteiger partial charge is 0.481 e. The van der Waals surface area contributed by atoms with Crippen LogP contribution in [-0.2, 0) is 0 Å². The van der Waals surface area contributed by atoms with Gasteiger partial charge in [-0.3, -0.25) is 0 Å². The van der Waals surface area contributed by atoms with Crippen LogP contribution < -0.4 is 15.3 Å².